The van der Waals surface area contributed by atoms with Crippen LogP contribution in [0.2, 0.25) is 0 Å². The van der Waals surface area contributed by atoms with Crippen molar-refractivity contribution in [1.82, 2.24) is 15.0 Å². The lowest BCUT2D eigenvalue weighted by Gasteiger charge is -2.48. The summed E-state index contributed by atoms with van der Waals surface area (Å²) in [5.74, 6) is -2.95. The van der Waals surface area contributed by atoms with Crippen LogP contribution >= 0.6 is 0 Å². The molecular formula is C31H37F2N5O4. The largest absolute Gasteiger partial charge is 0.481 e. The quantitative estimate of drug-likeness (QED) is 0.415. The zero-order chi connectivity index (χ0) is 30.4. The fraction of sp³-hybridized carbons (Fsp3) is 0.484. The van der Waals surface area contributed by atoms with Crippen LogP contribution in [0.1, 0.15) is 68.2 Å². The maximum Gasteiger partial charge on any atom is 0.324 e. The van der Waals surface area contributed by atoms with Gasteiger partial charge in [0.25, 0.3) is 11.8 Å². The number of piperidine rings is 1. The predicted molar refractivity (Wildman–Crippen MR) is 154 cm³/mol. The Morgan fingerprint density at radius 2 is 1.67 bits per heavy atom. The van der Waals surface area contributed by atoms with Crippen LogP contribution in [0.25, 0.3) is 11.1 Å². The van der Waals surface area contributed by atoms with Crippen LogP contribution in [0.5, 0.6) is 5.75 Å². The van der Waals surface area contributed by atoms with E-state index in [1.165, 1.54) is 4.90 Å². The molecule has 2 aliphatic rings. The Morgan fingerprint density at radius 3 is 2.24 bits per heavy atom. The highest BCUT2D eigenvalue weighted by molar-refractivity contribution is 5.97. The number of hydrogen-bond donors (Lipinski definition) is 1. The number of carbonyl (C=O) groups excluding carboxylic acids is 2. The van der Waals surface area contributed by atoms with Crippen molar-refractivity contribution in [2.45, 2.75) is 70.4 Å². The van der Waals surface area contributed by atoms with Crippen molar-refractivity contribution in [3.8, 4) is 16.9 Å². The van der Waals surface area contributed by atoms with Crippen LogP contribution < -0.4 is 15.4 Å². The Kier molecular flexibility index (Phi) is 7.72. The highest BCUT2D eigenvalue weighted by atomic mass is 19.3. The fourth-order valence-corrected chi connectivity index (χ4v) is 5.90. The summed E-state index contributed by atoms with van der Waals surface area (Å²) >= 11 is 0. The summed E-state index contributed by atoms with van der Waals surface area (Å²) in [6, 6.07) is 11.8. The average Bonchev–Trinajstić information content (AvgIpc) is 3.44. The van der Waals surface area contributed by atoms with E-state index >= 15 is 8.78 Å². The van der Waals surface area contributed by atoms with E-state index in [9.17, 15) is 9.59 Å². The third-order valence-electron chi connectivity index (χ3n) is 8.36. The molecule has 1 spiro atoms. The monoisotopic (exact) mass is 581 g/mol. The maximum absolute atomic E-state index is 15.7. The van der Waals surface area contributed by atoms with Gasteiger partial charge in [-0.2, -0.15) is 4.98 Å². The first-order valence-corrected chi connectivity index (χ1v) is 14.3. The molecule has 2 aromatic carbocycles. The maximum atomic E-state index is 15.7. The molecule has 0 unspecified atom stereocenters. The Balaban J connectivity index is 1.30. The molecule has 9 nitrogen and oxygen atoms in total. The number of halogens is 2. The van der Waals surface area contributed by atoms with E-state index in [1.54, 1.807) is 43.4 Å². The summed E-state index contributed by atoms with van der Waals surface area (Å²) in [5, 5.41) is 3.98. The van der Waals surface area contributed by atoms with Gasteiger partial charge in [-0.25, -0.2) is 8.78 Å². The van der Waals surface area contributed by atoms with Gasteiger partial charge in [-0.15, -0.1) is 0 Å². The van der Waals surface area contributed by atoms with Crippen LogP contribution in [0.3, 0.4) is 0 Å². The normalized spacial score (nSPS) is 18.1. The van der Waals surface area contributed by atoms with Gasteiger partial charge in [-0.3, -0.25) is 9.59 Å². The summed E-state index contributed by atoms with van der Waals surface area (Å²) in [6.07, 6.45) is -0.185. The van der Waals surface area contributed by atoms with Gasteiger partial charge in [0.1, 0.15) is 11.8 Å². The first kappa shape index (κ1) is 29.5. The summed E-state index contributed by atoms with van der Waals surface area (Å²) in [7, 11) is 1.56. The summed E-state index contributed by atoms with van der Waals surface area (Å²) < 4.78 is 42.9. The lowest BCUT2D eigenvalue weighted by atomic mass is 9.79. The summed E-state index contributed by atoms with van der Waals surface area (Å²) in [6.45, 7) is 8.22. The summed E-state index contributed by atoms with van der Waals surface area (Å²) in [4.78, 5) is 32.4. The number of hydrogen-bond acceptors (Lipinski definition) is 7. The zero-order valence-electron chi connectivity index (χ0n) is 24.6. The second-order valence-corrected chi connectivity index (χ2v) is 12.0. The van der Waals surface area contributed by atoms with E-state index in [2.05, 4.69) is 10.1 Å². The highest BCUT2D eigenvalue weighted by Crippen LogP contribution is 2.49. The molecule has 1 aromatic heterocycles. The van der Waals surface area contributed by atoms with Crippen LogP contribution in [-0.4, -0.2) is 64.6 Å². The number of amides is 2. The van der Waals surface area contributed by atoms with E-state index in [-0.39, 0.29) is 30.6 Å². The molecule has 224 valence electrons. The van der Waals surface area contributed by atoms with E-state index in [4.69, 9.17) is 15.0 Å². The molecule has 2 aliphatic heterocycles. The van der Waals surface area contributed by atoms with Crippen LogP contribution in [-0.2, 0) is 11.2 Å². The van der Waals surface area contributed by atoms with Crippen LogP contribution in [0, 0.1) is 5.92 Å². The van der Waals surface area contributed by atoms with Gasteiger partial charge >= 0.3 is 6.01 Å². The number of aromatic nitrogens is 2. The molecule has 1 atom stereocenters. The van der Waals surface area contributed by atoms with Crippen molar-refractivity contribution in [3.63, 3.8) is 0 Å². The SMILES string of the molecule is CC(C)c1noc(N2CCC3(CC2)Oc2ccc(-c4ccc(C(=O)N(C)[C@H](C(N)=O)C(C)C)cc4)cc2CC3(F)F)n1. The molecule has 2 amide bonds. The Bertz CT molecular complexity index is 1460. The Morgan fingerprint density at radius 1 is 1.02 bits per heavy atom. The highest BCUT2D eigenvalue weighted by Gasteiger charge is 2.59. The van der Waals surface area contributed by atoms with Gasteiger partial charge in [0.05, 0.1) is 0 Å². The van der Waals surface area contributed by atoms with Gasteiger partial charge in [0.2, 0.25) is 5.91 Å². The van der Waals surface area contributed by atoms with Crippen molar-refractivity contribution in [2.75, 3.05) is 25.0 Å². The van der Waals surface area contributed by atoms with E-state index in [1.807, 2.05) is 38.7 Å². The van der Waals surface area contributed by atoms with Gasteiger partial charge in [-0.1, -0.05) is 51.1 Å². The number of nitrogens with zero attached hydrogens (tertiary/aromatic N) is 4. The molecule has 11 heteroatoms. The minimum absolute atomic E-state index is 0.110. The van der Waals surface area contributed by atoms with Crippen molar-refractivity contribution < 1.29 is 27.6 Å². The molecule has 2 N–H and O–H groups in total. The van der Waals surface area contributed by atoms with Gasteiger partial charge in [0.15, 0.2) is 11.4 Å². The molecule has 5 rings (SSSR count). The first-order valence-electron chi connectivity index (χ1n) is 14.3. The number of fused-ring (bicyclic) bond motifs is 1. The third-order valence-corrected chi connectivity index (χ3v) is 8.36. The molecule has 42 heavy (non-hydrogen) atoms. The van der Waals surface area contributed by atoms with Crippen molar-refractivity contribution in [3.05, 3.63) is 59.4 Å². The minimum Gasteiger partial charge on any atom is -0.481 e. The van der Waals surface area contributed by atoms with Crippen LogP contribution in [0.4, 0.5) is 14.8 Å². The van der Waals surface area contributed by atoms with Crippen molar-refractivity contribution in [1.29, 1.82) is 0 Å². The second-order valence-electron chi connectivity index (χ2n) is 12.0. The van der Waals surface area contributed by atoms with E-state index < -0.39 is 29.9 Å². The number of likely N-dealkylation sites (N-methyl/N-ethyl adjacent to an activating group) is 1. The fourth-order valence-electron chi connectivity index (χ4n) is 5.90. The number of carbonyl (C=O) groups is 2. The molecule has 1 saturated heterocycles. The van der Waals surface area contributed by atoms with Crippen molar-refractivity contribution >= 4 is 17.8 Å². The second kappa shape index (κ2) is 11.0. The number of ether oxygens (including phenoxy) is 1. The number of benzene rings is 2. The lowest BCUT2D eigenvalue weighted by molar-refractivity contribution is -0.185. The molecular weight excluding hydrogens is 544 g/mol. The number of primary amides is 1. The Labute approximate surface area is 244 Å². The molecule has 0 radical (unpaired) electrons. The van der Waals surface area contributed by atoms with E-state index in [0.29, 0.717) is 41.8 Å². The van der Waals surface area contributed by atoms with Gasteiger partial charge < -0.3 is 24.8 Å². The number of rotatable bonds is 7. The molecule has 3 heterocycles. The molecule has 3 aromatic rings. The standard InChI is InChI=1S/C31H37F2N5O4/c1-18(2)25(26(34)39)37(5)28(40)21-8-6-20(7-9-21)22-10-11-24-23(16-22)17-31(32,33)30(41-24)12-14-38(15-13-30)29-35-27(19(3)4)36-42-29/h6-11,16,18-19,25H,12-15,17H2,1-5H3,(H2,34,39)/t25-/m0/s1. The van der Waals surface area contributed by atoms with Gasteiger partial charge in [0, 0.05) is 56.4 Å². The van der Waals surface area contributed by atoms with Crippen molar-refractivity contribution in [2.24, 2.45) is 11.7 Å². The average molecular weight is 582 g/mol. The minimum atomic E-state index is -3.07. The molecule has 1 fully saturated rings. The predicted octanol–water partition coefficient (Wildman–Crippen LogP) is 5.05. The topological polar surface area (TPSA) is 115 Å². The number of nitrogens with two attached hydrogens (primary N) is 1. The van der Waals surface area contributed by atoms with E-state index in [0.717, 1.165) is 11.1 Å². The smallest absolute Gasteiger partial charge is 0.324 e. The lowest BCUT2D eigenvalue weighted by Crippen LogP contribution is -2.61. The third kappa shape index (κ3) is 5.32. The Hall–Kier alpha value is -4.02. The first-order chi connectivity index (χ1) is 19.8. The van der Waals surface area contributed by atoms with Crippen LogP contribution in [0.15, 0.2) is 47.0 Å². The molecule has 0 aliphatic carbocycles. The molecule has 0 saturated carbocycles. The zero-order valence-corrected chi connectivity index (χ0v) is 24.6. The van der Waals surface area contributed by atoms with Gasteiger partial charge in [-0.05, 0) is 41.3 Å². The summed E-state index contributed by atoms with van der Waals surface area (Å²) in [5.41, 5.74) is 6.24. The molecule has 0 bridgehead atoms. The number of anilines is 1. The number of alkyl halides is 2.